The third-order valence-electron chi connectivity index (χ3n) is 3.98. The summed E-state index contributed by atoms with van der Waals surface area (Å²) in [5.74, 6) is 0. The molecule has 3 heteroatoms. The van der Waals surface area contributed by atoms with Crippen molar-refractivity contribution in [3.8, 4) is 0 Å². The summed E-state index contributed by atoms with van der Waals surface area (Å²) >= 11 is 0. The van der Waals surface area contributed by atoms with Crippen LogP contribution in [-0.4, -0.2) is 14.6 Å². The molecule has 94 valence electrons. The van der Waals surface area contributed by atoms with Gasteiger partial charge in [0.05, 0.1) is 11.7 Å². The van der Waals surface area contributed by atoms with Crippen LogP contribution in [0.3, 0.4) is 0 Å². The van der Waals surface area contributed by atoms with Crippen LogP contribution in [0.1, 0.15) is 0 Å². The largest absolute Gasteiger partial charge is 0.340 e. The molecule has 0 fully saturated rings. The van der Waals surface area contributed by atoms with Gasteiger partial charge < -0.3 is 4.98 Å². The second-order valence-corrected chi connectivity index (χ2v) is 5.10. The van der Waals surface area contributed by atoms with E-state index in [0.717, 1.165) is 11.2 Å². The standard InChI is InChI=1S/C17H11N3/c1-2-6-13-11(4-1)10-12-5-3-7-14-16(12)17(13)20-15(19-14)8-9-18-20/h1-10,19H. The molecular formula is C17H11N3. The van der Waals surface area contributed by atoms with Crippen LogP contribution in [0.25, 0.3) is 38.2 Å². The number of hydrogen-bond donors (Lipinski definition) is 1. The van der Waals surface area contributed by atoms with E-state index in [2.05, 4.69) is 58.6 Å². The van der Waals surface area contributed by atoms with Crippen LogP contribution in [0, 0.1) is 0 Å². The summed E-state index contributed by atoms with van der Waals surface area (Å²) in [6, 6.07) is 19.1. The van der Waals surface area contributed by atoms with E-state index in [4.69, 9.17) is 0 Å². The maximum atomic E-state index is 4.49. The van der Waals surface area contributed by atoms with Gasteiger partial charge in [0.25, 0.3) is 0 Å². The number of hydrogen-bond acceptors (Lipinski definition) is 1. The molecule has 0 saturated heterocycles. The Morgan fingerprint density at radius 3 is 2.80 bits per heavy atom. The summed E-state index contributed by atoms with van der Waals surface area (Å²) < 4.78 is 2.00. The smallest absolute Gasteiger partial charge is 0.134 e. The van der Waals surface area contributed by atoms with Gasteiger partial charge in [0.15, 0.2) is 0 Å². The van der Waals surface area contributed by atoms with Crippen LogP contribution in [0.4, 0.5) is 0 Å². The van der Waals surface area contributed by atoms with Gasteiger partial charge >= 0.3 is 0 Å². The minimum absolute atomic E-state index is 1.02. The summed E-state index contributed by atoms with van der Waals surface area (Å²) in [5, 5.41) is 9.44. The summed E-state index contributed by atoms with van der Waals surface area (Å²) in [6.45, 7) is 0. The maximum Gasteiger partial charge on any atom is 0.134 e. The first kappa shape index (κ1) is 10.0. The van der Waals surface area contributed by atoms with Gasteiger partial charge in [-0.1, -0.05) is 36.4 Å². The fourth-order valence-corrected chi connectivity index (χ4v) is 3.13. The normalized spacial score (nSPS) is 12.0. The lowest BCUT2D eigenvalue weighted by molar-refractivity contribution is 0.993. The first-order valence-electron chi connectivity index (χ1n) is 6.68. The zero-order valence-corrected chi connectivity index (χ0v) is 10.7. The van der Waals surface area contributed by atoms with Crippen LogP contribution < -0.4 is 0 Å². The van der Waals surface area contributed by atoms with Crippen molar-refractivity contribution in [2.75, 3.05) is 0 Å². The molecule has 3 nitrogen and oxygen atoms in total. The Balaban J connectivity index is 2.29. The first-order chi connectivity index (χ1) is 9.92. The lowest BCUT2D eigenvalue weighted by Crippen LogP contribution is -1.96. The monoisotopic (exact) mass is 257 g/mol. The summed E-state index contributed by atoms with van der Waals surface area (Å²) in [7, 11) is 0. The number of rotatable bonds is 0. The molecule has 0 unspecified atom stereocenters. The maximum absolute atomic E-state index is 4.49. The van der Waals surface area contributed by atoms with Gasteiger partial charge in [-0.15, -0.1) is 0 Å². The van der Waals surface area contributed by atoms with Gasteiger partial charge in [-0.3, -0.25) is 0 Å². The summed E-state index contributed by atoms with van der Waals surface area (Å²) in [4.78, 5) is 3.45. The van der Waals surface area contributed by atoms with E-state index in [0.29, 0.717) is 0 Å². The van der Waals surface area contributed by atoms with Gasteiger partial charge in [-0.2, -0.15) is 5.10 Å². The molecule has 0 spiro atoms. The molecule has 0 amide bonds. The van der Waals surface area contributed by atoms with E-state index < -0.39 is 0 Å². The second-order valence-electron chi connectivity index (χ2n) is 5.10. The van der Waals surface area contributed by atoms with Crippen LogP contribution in [0.2, 0.25) is 0 Å². The van der Waals surface area contributed by atoms with Crippen LogP contribution in [0.5, 0.6) is 0 Å². The minimum atomic E-state index is 1.02. The molecule has 0 atom stereocenters. The van der Waals surface area contributed by atoms with E-state index in [-0.39, 0.29) is 0 Å². The predicted molar refractivity (Wildman–Crippen MR) is 82.1 cm³/mol. The van der Waals surface area contributed by atoms with Crippen molar-refractivity contribution in [2.45, 2.75) is 0 Å². The van der Waals surface area contributed by atoms with Gasteiger partial charge in [0.1, 0.15) is 5.65 Å². The van der Waals surface area contributed by atoms with E-state index in [1.807, 2.05) is 16.8 Å². The number of nitrogens with one attached hydrogen (secondary N) is 1. The van der Waals surface area contributed by atoms with E-state index in [1.165, 1.54) is 27.1 Å². The molecule has 20 heavy (non-hydrogen) atoms. The lowest BCUT2D eigenvalue weighted by Gasteiger charge is -2.11. The lowest BCUT2D eigenvalue weighted by atomic mass is 10.0. The highest BCUT2D eigenvalue weighted by Gasteiger charge is 2.11. The number of fused-ring (bicyclic) bond motifs is 4. The molecule has 1 N–H and O–H groups in total. The van der Waals surface area contributed by atoms with Gasteiger partial charge in [-0.25, -0.2) is 4.52 Å². The fraction of sp³-hybridized carbons (Fsp3) is 0. The Hall–Kier alpha value is -2.81. The quantitative estimate of drug-likeness (QED) is 0.328. The van der Waals surface area contributed by atoms with Crippen molar-refractivity contribution in [3.05, 3.63) is 60.8 Å². The molecule has 5 rings (SSSR count). The van der Waals surface area contributed by atoms with Crippen molar-refractivity contribution in [1.29, 1.82) is 0 Å². The van der Waals surface area contributed by atoms with Crippen LogP contribution in [-0.2, 0) is 0 Å². The third kappa shape index (κ3) is 1.12. The molecule has 3 aromatic carbocycles. The average molecular weight is 257 g/mol. The Morgan fingerprint density at radius 1 is 0.900 bits per heavy atom. The summed E-state index contributed by atoms with van der Waals surface area (Å²) in [5.41, 5.74) is 3.34. The topological polar surface area (TPSA) is 33.1 Å². The molecule has 0 aliphatic carbocycles. The Bertz CT molecular complexity index is 1100. The third-order valence-corrected chi connectivity index (χ3v) is 3.98. The fourth-order valence-electron chi connectivity index (χ4n) is 3.13. The second kappa shape index (κ2) is 3.39. The van der Waals surface area contributed by atoms with Crippen LogP contribution in [0.15, 0.2) is 60.8 Å². The first-order valence-corrected chi connectivity index (χ1v) is 6.68. The van der Waals surface area contributed by atoms with E-state index >= 15 is 0 Å². The SMILES string of the molecule is c1ccc2c(c1)cc1cccc3[nH]c4ccnn4c2c13. The molecule has 2 heterocycles. The van der Waals surface area contributed by atoms with Crippen molar-refractivity contribution in [1.82, 2.24) is 14.6 Å². The average Bonchev–Trinajstić information content (AvgIpc) is 2.95. The Labute approximate surface area is 114 Å². The van der Waals surface area contributed by atoms with Crippen molar-refractivity contribution < 1.29 is 0 Å². The van der Waals surface area contributed by atoms with Crippen molar-refractivity contribution in [2.24, 2.45) is 0 Å². The zero-order valence-electron chi connectivity index (χ0n) is 10.7. The molecule has 0 saturated carbocycles. The number of H-pyrrole nitrogens is 1. The molecule has 2 aromatic heterocycles. The van der Waals surface area contributed by atoms with E-state index in [1.54, 1.807) is 0 Å². The number of aromatic amines is 1. The van der Waals surface area contributed by atoms with Crippen LogP contribution >= 0.6 is 0 Å². The number of benzene rings is 3. The Morgan fingerprint density at radius 2 is 1.80 bits per heavy atom. The minimum Gasteiger partial charge on any atom is -0.340 e. The van der Waals surface area contributed by atoms with Gasteiger partial charge in [0, 0.05) is 22.4 Å². The highest BCUT2D eigenvalue weighted by atomic mass is 15.2. The highest BCUT2D eigenvalue weighted by molar-refractivity contribution is 6.19. The zero-order chi connectivity index (χ0) is 13.1. The van der Waals surface area contributed by atoms with Gasteiger partial charge in [-0.05, 0) is 22.9 Å². The molecule has 5 aromatic rings. The number of nitrogens with zero attached hydrogens (tertiary/aromatic N) is 2. The highest BCUT2D eigenvalue weighted by Crippen LogP contribution is 2.32. The molecule has 0 radical (unpaired) electrons. The summed E-state index contributed by atoms with van der Waals surface area (Å²) in [6.07, 6.45) is 1.84. The molecule has 0 aliphatic heterocycles. The Kier molecular flexibility index (Phi) is 1.70. The molecule has 0 aliphatic rings. The molecule has 0 bridgehead atoms. The predicted octanol–water partition coefficient (Wildman–Crippen LogP) is 4.12. The molecular weight excluding hydrogens is 246 g/mol. The van der Waals surface area contributed by atoms with Crippen molar-refractivity contribution in [3.63, 3.8) is 0 Å². The van der Waals surface area contributed by atoms with Gasteiger partial charge in [0.2, 0.25) is 0 Å². The number of aromatic nitrogens is 3. The van der Waals surface area contributed by atoms with E-state index in [9.17, 15) is 0 Å². The van der Waals surface area contributed by atoms with Crippen molar-refractivity contribution >= 4 is 38.2 Å².